The van der Waals surface area contributed by atoms with Gasteiger partial charge in [0.1, 0.15) is 0 Å². The van der Waals surface area contributed by atoms with E-state index in [0.29, 0.717) is 12.6 Å². The second-order valence-corrected chi connectivity index (χ2v) is 4.89. The molecule has 6 heteroatoms. The molecular formula is C7H17N3O2S. The maximum atomic E-state index is 10.9. The molecule has 1 rings (SSSR count). The normalized spacial score (nSPS) is 23.6. The first-order chi connectivity index (χ1) is 6.14. The van der Waals surface area contributed by atoms with Gasteiger partial charge in [-0.05, 0) is 25.8 Å². The summed E-state index contributed by atoms with van der Waals surface area (Å²) in [5, 5.41) is 3.31. The molecule has 0 aromatic heterocycles. The highest BCUT2D eigenvalue weighted by Gasteiger charge is 2.14. The zero-order valence-corrected chi connectivity index (χ0v) is 8.65. The minimum Gasteiger partial charge on any atom is -0.314 e. The van der Waals surface area contributed by atoms with E-state index in [2.05, 4.69) is 14.8 Å². The molecule has 1 atom stereocenters. The highest BCUT2D eigenvalue weighted by Crippen LogP contribution is 2.07. The zero-order valence-electron chi connectivity index (χ0n) is 7.84. The van der Waals surface area contributed by atoms with E-state index in [-0.39, 0.29) is 0 Å². The molecule has 0 bridgehead atoms. The van der Waals surface area contributed by atoms with Gasteiger partial charge in [0, 0.05) is 19.6 Å². The van der Waals surface area contributed by atoms with Crippen LogP contribution in [0.15, 0.2) is 0 Å². The van der Waals surface area contributed by atoms with Gasteiger partial charge in [0.25, 0.3) is 10.2 Å². The molecule has 1 unspecified atom stereocenters. The molecule has 1 heterocycles. The van der Waals surface area contributed by atoms with Gasteiger partial charge in [-0.25, -0.2) is 9.44 Å². The smallest absolute Gasteiger partial charge is 0.276 e. The summed E-state index contributed by atoms with van der Waals surface area (Å²) < 4.78 is 26.5. The average Bonchev–Trinajstić information content (AvgIpc) is 2.57. The first-order valence-electron chi connectivity index (χ1n) is 4.55. The maximum absolute atomic E-state index is 10.9. The summed E-state index contributed by atoms with van der Waals surface area (Å²) in [5.74, 6) is 0. The van der Waals surface area contributed by atoms with Crippen molar-refractivity contribution in [3.05, 3.63) is 0 Å². The first kappa shape index (κ1) is 10.9. The van der Waals surface area contributed by atoms with E-state index in [4.69, 9.17) is 0 Å². The fraction of sp³-hybridized carbons (Fsp3) is 1.00. The third kappa shape index (κ3) is 4.04. The van der Waals surface area contributed by atoms with Crippen molar-refractivity contribution in [2.75, 3.05) is 20.1 Å². The summed E-state index contributed by atoms with van der Waals surface area (Å²) in [4.78, 5) is 0. The molecule has 0 aliphatic carbocycles. The van der Waals surface area contributed by atoms with Crippen LogP contribution in [0.25, 0.3) is 0 Å². The second kappa shape index (κ2) is 4.90. The van der Waals surface area contributed by atoms with Crippen LogP contribution in [0.2, 0.25) is 0 Å². The quantitative estimate of drug-likeness (QED) is 0.552. The molecule has 0 saturated carbocycles. The van der Waals surface area contributed by atoms with Crippen molar-refractivity contribution in [3.8, 4) is 0 Å². The summed E-state index contributed by atoms with van der Waals surface area (Å²) >= 11 is 0. The Morgan fingerprint density at radius 2 is 2.31 bits per heavy atom. The highest BCUT2D eigenvalue weighted by atomic mass is 32.2. The molecule has 1 saturated heterocycles. The number of nitrogens with one attached hydrogen (secondary N) is 3. The van der Waals surface area contributed by atoms with Crippen molar-refractivity contribution in [3.63, 3.8) is 0 Å². The number of hydrogen-bond donors (Lipinski definition) is 3. The van der Waals surface area contributed by atoms with E-state index >= 15 is 0 Å². The van der Waals surface area contributed by atoms with E-state index < -0.39 is 10.2 Å². The lowest BCUT2D eigenvalue weighted by atomic mass is 10.2. The number of hydrogen-bond acceptors (Lipinski definition) is 3. The molecule has 0 spiro atoms. The average molecular weight is 207 g/mol. The topological polar surface area (TPSA) is 70.2 Å². The summed E-state index contributed by atoms with van der Waals surface area (Å²) in [6, 6.07) is 0.486. The molecule has 78 valence electrons. The highest BCUT2D eigenvalue weighted by molar-refractivity contribution is 7.87. The Kier molecular flexibility index (Phi) is 4.11. The molecule has 0 amide bonds. The molecule has 13 heavy (non-hydrogen) atoms. The molecule has 0 aromatic rings. The van der Waals surface area contributed by atoms with E-state index in [9.17, 15) is 8.42 Å². The van der Waals surface area contributed by atoms with Crippen molar-refractivity contribution < 1.29 is 8.42 Å². The Bertz CT molecular complexity index is 234. The van der Waals surface area contributed by atoms with E-state index in [1.54, 1.807) is 0 Å². The molecule has 1 fully saturated rings. The van der Waals surface area contributed by atoms with Crippen LogP contribution < -0.4 is 14.8 Å². The third-order valence-corrected chi connectivity index (χ3v) is 3.34. The SMILES string of the molecule is CNS(=O)(=O)NCCC1CCCN1. The lowest BCUT2D eigenvalue weighted by molar-refractivity contribution is 0.536. The van der Waals surface area contributed by atoms with Crippen molar-refractivity contribution >= 4 is 10.2 Å². The summed E-state index contributed by atoms with van der Waals surface area (Å²) in [6.45, 7) is 1.56. The lowest BCUT2D eigenvalue weighted by Gasteiger charge is -2.10. The van der Waals surface area contributed by atoms with Crippen molar-refractivity contribution in [1.82, 2.24) is 14.8 Å². The van der Waals surface area contributed by atoms with Crippen molar-refractivity contribution in [2.24, 2.45) is 0 Å². The van der Waals surface area contributed by atoms with Crippen LogP contribution in [0.1, 0.15) is 19.3 Å². The number of rotatable bonds is 5. The van der Waals surface area contributed by atoms with Crippen molar-refractivity contribution in [2.45, 2.75) is 25.3 Å². The van der Waals surface area contributed by atoms with Crippen LogP contribution in [0.5, 0.6) is 0 Å². The van der Waals surface area contributed by atoms with Gasteiger partial charge in [-0.1, -0.05) is 0 Å². The zero-order chi connectivity index (χ0) is 9.73. The Balaban J connectivity index is 2.13. The van der Waals surface area contributed by atoms with Gasteiger partial charge in [0.15, 0.2) is 0 Å². The predicted molar refractivity (Wildman–Crippen MR) is 51.6 cm³/mol. The van der Waals surface area contributed by atoms with Gasteiger partial charge >= 0.3 is 0 Å². The van der Waals surface area contributed by atoms with E-state index in [1.165, 1.54) is 13.5 Å². The summed E-state index contributed by atoms with van der Waals surface area (Å²) in [7, 11) is -1.84. The molecule has 1 aliphatic rings. The van der Waals surface area contributed by atoms with Crippen LogP contribution in [-0.2, 0) is 10.2 Å². The molecule has 5 nitrogen and oxygen atoms in total. The van der Waals surface area contributed by atoms with Crippen LogP contribution in [-0.4, -0.2) is 34.6 Å². The minimum absolute atomic E-state index is 0.486. The summed E-state index contributed by atoms with van der Waals surface area (Å²) in [5.41, 5.74) is 0. The Morgan fingerprint density at radius 1 is 1.54 bits per heavy atom. The Labute approximate surface area is 79.5 Å². The van der Waals surface area contributed by atoms with Gasteiger partial charge in [-0.3, -0.25) is 0 Å². The first-order valence-corrected chi connectivity index (χ1v) is 6.04. The fourth-order valence-electron chi connectivity index (χ4n) is 1.44. The van der Waals surface area contributed by atoms with Crippen molar-refractivity contribution in [1.29, 1.82) is 0 Å². The van der Waals surface area contributed by atoms with Gasteiger partial charge < -0.3 is 5.32 Å². The van der Waals surface area contributed by atoms with Crippen LogP contribution >= 0.6 is 0 Å². The van der Waals surface area contributed by atoms with Gasteiger partial charge in [0.05, 0.1) is 0 Å². The summed E-state index contributed by atoms with van der Waals surface area (Å²) in [6.07, 6.45) is 3.21. The maximum Gasteiger partial charge on any atom is 0.276 e. The predicted octanol–water partition coefficient (Wildman–Crippen LogP) is -0.818. The molecular weight excluding hydrogens is 190 g/mol. The lowest BCUT2D eigenvalue weighted by Crippen LogP contribution is -2.36. The standard InChI is InChI=1S/C7H17N3O2S/c1-8-13(11,12)10-6-4-7-3-2-5-9-7/h7-10H,2-6H2,1H3. The molecule has 0 aromatic carbocycles. The third-order valence-electron chi connectivity index (χ3n) is 2.22. The fourth-order valence-corrected chi connectivity index (χ4v) is 1.97. The second-order valence-electron chi connectivity index (χ2n) is 3.18. The Hall–Kier alpha value is -0.170. The van der Waals surface area contributed by atoms with Crippen LogP contribution in [0, 0.1) is 0 Å². The van der Waals surface area contributed by atoms with E-state index in [1.807, 2.05) is 0 Å². The molecule has 1 aliphatic heterocycles. The minimum atomic E-state index is -3.24. The largest absolute Gasteiger partial charge is 0.314 e. The van der Waals surface area contributed by atoms with E-state index in [0.717, 1.165) is 19.4 Å². The molecule has 0 radical (unpaired) electrons. The van der Waals surface area contributed by atoms with Crippen LogP contribution in [0.4, 0.5) is 0 Å². The van der Waals surface area contributed by atoms with Gasteiger partial charge in [-0.2, -0.15) is 8.42 Å². The monoisotopic (exact) mass is 207 g/mol. The molecule has 3 N–H and O–H groups in total. The van der Waals surface area contributed by atoms with Gasteiger partial charge in [-0.15, -0.1) is 0 Å². The Morgan fingerprint density at radius 3 is 2.85 bits per heavy atom. The van der Waals surface area contributed by atoms with Crippen LogP contribution in [0.3, 0.4) is 0 Å². The van der Waals surface area contributed by atoms with Gasteiger partial charge in [0.2, 0.25) is 0 Å².